The van der Waals surface area contributed by atoms with Crippen LogP contribution in [0.1, 0.15) is 45.4 Å². The molecule has 0 radical (unpaired) electrons. The van der Waals surface area contributed by atoms with Crippen LogP contribution in [0.2, 0.25) is 0 Å². The number of amides is 1. The maximum absolute atomic E-state index is 12.3. The fourth-order valence-electron chi connectivity index (χ4n) is 2.73. The molecule has 2 N–H and O–H groups in total. The van der Waals surface area contributed by atoms with Crippen LogP contribution < -0.4 is 5.73 Å². The van der Waals surface area contributed by atoms with Crippen LogP contribution >= 0.6 is 12.4 Å². The first-order chi connectivity index (χ1) is 7.18. The number of likely N-dealkylation sites (tertiary alicyclic amines) is 1. The molecule has 1 heterocycles. The number of rotatable bonds is 3. The average Bonchev–Trinajstić information content (AvgIpc) is 2.98. The van der Waals surface area contributed by atoms with Crippen LogP contribution in [0.3, 0.4) is 0 Å². The van der Waals surface area contributed by atoms with Crippen molar-refractivity contribution in [3.8, 4) is 0 Å². The summed E-state index contributed by atoms with van der Waals surface area (Å²) in [6.07, 6.45) is 6.54. The highest BCUT2D eigenvalue weighted by Crippen LogP contribution is 2.51. The van der Waals surface area contributed by atoms with Crippen LogP contribution in [-0.2, 0) is 4.79 Å². The molecule has 2 rings (SSSR count). The SMILES string of the molecule is CCCC1(C(=O)N2CCC[C@@H](N)C2)CC1.Cl. The maximum atomic E-state index is 12.3. The minimum absolute atomic E-state index is 0. The van der Waals surface area contributed by atoms with Gasteiger partial charge in [0.25, 0.3) is 0 Å². The topological polar surface area (TPSA) is 46.3 Å². The van der Waals surface area contributed by atoms with Crippen molar-refractivity contribution in [2.45, 2.75) is 51.5 Å². The van der Waals surface area contributed by atoms with Crippen LogP contribution in [0, 0.1) is 5.41 Å². The van der Waals surface area contributed by atoms with Crippen molar-refractivity contribution >= 4 is 18.3 Å². The number of hydrogen-bond acceptors (Lipinski definition) is 2. The van der Waals surface area contributed by atoms with Gasteiger partial charge in [-0.2, -0.15) is 0 Å². The van der Waals surface area contributed by atoms with E-state index in [4.69, 9.17) is 5.73 Å². The fourth-order valence-corrected chi connectivity index (χ4v) is 2.73. The Morgan fingerprint density at radius 1 is 1.50 bits per heavy atom. The largest absolute Gasteiger partial charge is 0.341 e. The summed E-state index contributed by atoms with van der Waals surface area (Å²) in [4.78, 5) is 14.3. The molecule has 1 aliphatic heterocycles. The molecule has 0 aromatic rings. The number of carbonyl (C=O) groups is 1. The van der Waals surface area contributed by atoms with E-state index in [0.29, 0.717) is 5.91 Å². The number of nitrogens with two attached hydrogens (primary N) is 1. The number of piperidine rings is 1. The molecule has 1 saturated carbocycles. The Kier molecular flexibility index (Phi) is 4.62. The van der Waals surface area contributed by atoms with E-state index >= 15 is 0 Å². The number of nitrogens with zero attached hydrogens (tertiary/aromatic N) is 1. The lowest BCUT2D eigenvalue weighted by Gasteiger charge is -2.33. The molecule has 0 bridgehead atoms. The second-order valence-corrected chi connectivity index (χ2v) is 5.18. The van der Waals surface area contributed by atoms with Crippen molar-refractivity contribution in [1.82, 2.24) is 4.90 Å². The Bertz CT molecular complexity index is 253. The lowest BCUT2D eigenvalue weighted by molar-refractivity contribution is -0.138. The van der Waals surface area contributed by atoms with E-state index in [1.165, 1.54) is 0 Å². The molecule has 0 aromatic heterocycles. The molecule has 4 heteroatoms. The smallest absolute Gasteiger partial charge is 0.228 e. The number of halogens is 1. The molecule has 0 spiro atoms. The molecular formula is C12H23ClN2O. The van der Waals surface area contributed by atoms with Gasteiger partial charge in [-0.25, -0.2) is 0 Å². The van der Waals surface area contributed by atoms with Crippen molar-refractivity contribution in [2.75, 3.05) is 13.1 Å². The van der Waals surface area contributed by atoms with Crippen LogP contribution in [0.15, 0.2) is 0 Å². The van der Waals surface area contributed by atoms with Gasteiger partial charge in [0.15, 0.2) is 0 Å². The van der Waals surface area contributed by atoms with Gasteiger partial charge < -0.3 is 10.6 Å². The molecular weight excluding hydrogens is 224 g/mol. The third kappa shape index (κ3) is 2.69. The Labute approximate surface area is 104 Å². The highest BCUT2D eigenvalue weighted by molar-refractivity contribution is 5.85. The molecule has 0 aromatic carbocycles. The third-order valence-electron chi connectivity index (χ3n) is 3.78. The molecule has 2 aliphatic rings. The van der Waals surface area contributed by atoms with E-state index < -0.39 is 0 Å². The van der Waals surface area contributed by atoms with Gasteiger partial charge in [0.1, 0.15) is 0 Å². The zero-order valence-corrected chi connectivity index (χ0v) is 10.9. The second-order valence-electron chi connectivity index (χ2n) is 5.18. The molecule has 1 amide bonds. The number of hydrogen-bond donors (Lipinski definition) is 1. The molecule has 94 valence electrons. The monoisotopic (exact) mass is 246 g/mol. The van der Waals surface area contributed by atoms with Crippen LogP contribution in [0.25, 0.3) is 0 Å². The summed E-state index contributed by atoms with van der Waals surface area (Å²) < 4.78 is 0. The molecule has 1 saturated heterocycles. The Morgan fingerprint density at radius 2 is 2.19 bits per heavy atom. The minimum Gasteiger partial charge on any atom is -0.341 e. The zero-order chi connectivity index (χ0) is 10.9. The summed E-state index contributed by atoms with van der Waals surface area (Å²) in [5.74, 6) is 0.388. The van der Waals surface area contributed by atoms with Crippen LogP contribution in [0.4, 0.5) is 0 Å². The van der Waals surface area contributed by atoms with Crippen molar-refractivity contribution in [3.05, 3.63) is 0 Å². The summed E-state index contributed by atoms with van der Waals surface area (Å²) in [6.45, 7) is 3.87. The first-order valence-corrected chi connectivity index (χ1v) is 6.23. The van der Waals surface area contributed by atoms with Gasteiger partial charge in [-0.05, 0) is 32.1 Å². The van der Waals surface area contributed by atoms with Gasteiger partial charge in [-0.15, -0.1) is 12.4 Å². The summed E-state index contributed by atoms with van der Waals surface area (Å²) >= 11 is 0. The fraction of sp³-hybridized carbons (Fsp3) is 0.917. The van der Waals surface area contributed by atoms with Gasteiger partial charge in [0.05, 0.1) is 0 Å². The van der Waals surface area contributed by atoms with E-state index in [1.807, 2.05) is 4.90 Å². The lowest BCUT2D eigenvalue weighted by Crippen LogP contribution is -2.48. The van der Waals surface area contributed by atoms with E-state index in [1.54, 1.807) is 0 Å². The summed E-state index contributed by atoms with van der Waals surface area (Å²) in [7, 11) is 0. The maximum Gasteiger partial charge on any atom is 0.228 e. The average molecular weight is 247 g/mol. The third-order valence-corrected chi connectivity index (χ3v) is 3.78. The molecule has 2 fully saturated rings. The van der Waals surface area contributed by atoms with E-state index in [2.05, 4.69) is 6.92 Å². The summed E-state index contributed by atoms with van der Waals surface area (Å²) in [5.41, 5.74) is 5.94. The lowest BCUT2D eigenvalue weighted by atomic mass is 9.96. The van der Waals surface area contributed by atoms with Gasteiger partial charge in [0, 0.05) is 24.5 Å². The summed E-state index contributed by atoms with van der Waals surface area (Å²) in [5, 5.41) is 0. The Balaban J connectivity index is 0.00000128. The van der Waals surface area contributed by atoms with E-state index in [-0.39, 0.29) is 23.9 Å². The molecule has 0 unspecified atom stereocenters. The quantitative estimate of drug-likeness (QED) is 0.827. The van der Waals surface area contributed by atoms with Crippen LogP contribution in [0.5, 0.6) is 0 Å². The standard InChI is InChI=1S/C12H22N2O.ClH/c1-2-5-12(6-7-12)11(15)14-8-3-4-10(13)9-14;/h10H,2-9,13H2,1H3;1H/t10-;/m1./s1. The van der Waals surface area contributed by atoms with Gasteiger partial charge in [-0.3, -0.25) is 4.79 Å². The van der Waals surface area contributed by atoms with Crippen molar-refractivity contribution in [3.63, 3.8) is 0 Å². The molecule has 3 nitrogen and oxygen atoms in total. The van der Waals surface area contributed by atoms with E-state index in [0.717, 1.165) is 51.6 Å². The predicted octanol–water partition coefficient (Wildman–Crippen LogP) is 1.94. The van der Waals surface area contributed by atoms with Crippen molar-refractivity contribution < 1.29 is 4.79 Å². The van der Waals surface area contributed by atoms with Crippen molar-refractivity contribution in [2.24, 2.45) is 11.1 Å². The normalized spacial score (nSPS) is 27.1. The highest BCUT2D eigenvalue weighted by atomic mass is 35.5. The van der Waals surface area contributed by atoms with Crippen molar-refractivity contribution in [1.29, 1.82) is 0 Å². The van der Waals surface area contributed by atoms with Gasteiger partial charge in [0.2, 0.25) is 5.91 Å². The second kappa shape index (κ2) is 5.37. The first-order valence-electron chi connectivity index (χ1n) is 6.23. The molecule has 1 aliphatic carbocycles. The Morgan fingerprint density at radius 3 is 2.69 bits per heavy atom. The summed E-state index contributed by atoms with van der Waals surface area (Å²) in [6, 6.07) is 0.208. The van der Waals surface area contributed by atoms with Gasteiger partial charge in [-0.1, -0.05) is 13.3 Å². The highest BCUT2D eigenvalue weighted by Gasteiger charge is 2.50. The van der Waals surface area contributed by atoms with E-state index in [9.17, 15) is 4.79 Å². The molecule has 16 heavy (non-hydrogen) atoms. The zero-order valence-electron chi connectivity index (χ0n) is 10.1. The Hall–Kier alpha value is -0.280. The minimum atomic E-state index is 0. The van der Waals surface area contributed by atoms with Crippen LogP contribution in [-0.4, -0.2) is 29.9 Å². The predicted molar refractivity (Wildman–Crippen MR) is 67.6 cm³/mol. The first kappa shape index (κ1) is 13.8. The molecule has 1 atom stereocenters. The number of carbonyl (C=O) groups excluding carboxylic acids is 1. The van der Waals surface area contributed by atoms with Gasteiger partial charge >= 0.3 is 0 Å².